The quantitative estimate of drug-likeness (QED) is 0.683. The summed E-state index contributed by atoms with van der Waals surface area (Å²) in [6.45, 7) is 4.46. The molecule has 0 N–H and O–H groups in total. The van der Waals surface area contributed by atoms with Gasteiger partial charge in [-0.3, -0.25) is 0 Å². The van der Waals surface area contributed by atoms with Crippen LogP contribution in [-0.4, -0.2) is 18.3 Å². The van der Waals surface area contributed by atoms with Crippen molar-refractivity contribution < 1.29 is 18.9 Å². The van der Waals surface area contributed by atoms with Crippen molar-refractivity contribution >= 4 is 12.6 Å². The maximum Gasteiger partial charge on any atom is 0.494 e. The molecule has 1 heterocycles. The Kier molecular flexibility index (Phi) is 1.28. The normalized spacial score (nSPS) is 29.5. The van der Waals surface area contributed by atoms with Crippen molar-refractivity contribution in [3.05, 3.63) is 29.7 Å². The molecule has 0 atom stereocenters. The number of benzene rings is 1. The summed E-state index contributed by atoms with van der Waals surface area (Å²) in [5.41, 5.74) is -2.11. The molecule has 0 aromatic heterocycles. The molecule has 1 aliphatic rings. The summed E-state index contributed by atoms with van der Waals surface area (Å²) in [7, 11) is -1.12. The van der Waals surface area contributed by atoms with E-state index in [4.69, 9.17) is 18.9 Å². The van der Waals surface area contributed by atoms with Gasteiger partial charge in [-0.15, -0.1) is 0 Å². The molecule has 0 amide bonds. The first-order valence-corrected chi connectivity index (χ1v) is 5.17. The third kappa shape index (κ3) is 1.90. The van der Waals surface area contributed by atoms with E-state index in [1.165, 1.54) is 0 Å². The Morgan fingerprint density at radius 2 is 1.81 bits per heavy atom. The van der Waals surface area contributed by atoms with E-state index < -0.39 is 54.9 Å². The van der Waals surface area contributed by atoms with E-state index in [9.17, 15) is 0 Å². The van der Waals surface area contributed by atoms with Gasteiger partial charge in [0.1, 0.15) is 0 Å². The van der Waals surface area contributed by atoms with Gasteiger partial charge in [-0.2, -0.15) is 0 Å². The van der Waals surface area contributed by atoms with Crippen molar-refractivity contribution in [1.82, 2.24) is 0 Å². The van der Waals surface area contributed by atoms with Gasteiger partial charge in [-0.1, -0.05) is 29.7 Å². The lowest BCUT2D eigenvalue weighted by Gasteiger charge is -2.32. The van der Waals surface area contributed by atoms with Gasteiger partial charge >= 0.3 is 7.12 Å². The standard InChI is InChI=1S/C13H19BO2/c1-10-7-6-8-11(9-10)14-15-12(2,3)13(4,5)16-14/h6-9H,1-5H3/i1D3,6D,7D,8D,9D. The Balaban J connectivity index is 2.68. The van der Waals surface area contributed by atoms with Gasteiger partial charge in [0.05, 0.1) is 16.7 Å². The zero-order chi connectivity index (χ0) is 18.0. The first-order chi connectivity index (χ1) is 10.2. The average Bonchev–Trinajstić information content (AvgIpc) is 2.53. The Hall–Kier alpha value is -0.795. The van der Waals surface area contributed by atoms with Crippen LogP contribution in [0.4, 0.5) is 0 Å². The second kappa shape index (κ2) is 3.61. The van der Waals surface area contributed by atoms with Gasteiger partial charge in [0.25, 0.3) is 0 Å². The van der Waals surface area contributed by atoms with Crippen LogP contribution in [0.1, 0.15) is 42.9 Å². The highest BCUT2D eigenvalue weighted by molar-refractivity contribution is 6.62. The van der Waals surface area contributed by atoms with Gasteiger partial charge in [-0.05, 0) is 40.0 Å². The van der Waals surface area contributed by atoms with Gasteiger partial charge in [-0.25, -0.2) is 0 Å². The van der Waals surface area contributed by atoms with Crippen molar-refractivity contribution in [3.8, 4) is 0 Å². The highest BCUT2D eigenvalue weighted by Gasteiger charge is 2.51. The smallest absolute Gasteiger partial charge is 0.399 e. The van der Waals surface area contributed by atoms with Crippen LogP contribution in [0.25, 0.3) is 0 Å². The predicted octanol–water partition coefficient (Wildman–Crippen LogP) is 2.29. The van der Waals surface area contributed by atoms with E-state index in [0.717, 1.165) is 0 Å². The summed E-state index contributed by atoms with van der Waals surface area (Å²) < 4.78 is 65.9. The topological polar surface area (TPSA) is 18.5 Å². The largest absolute Gasteiger partial charge is 0.494 e. The van der Waals surface area contributed by atoms with E-state index in [1.807, 2.05) is 0 Å². The first-order valence-electron chi connectivity index (χ1n) is 8.67. The fourth-order valence-electron chi connectivity index (χ4n) is 1.44. The monoisotopic (exact) mass is 225 g/mol. The summed E-state index contributed by atoms with van der Waals surface area (Å²) in [5, 5.41) is 0. The minimum Gasteiger partial charge on any atom is -0.399 e. The highest BCUT2D eigenvalue weighted by atomic mass is 16.7. The summed E-state index contributed by atoms with van der Waals surface area (Å²) >= 11 is 0. The van der Waals surface area contributed by atoms with Crippen molar-refractivity contribution in [2.24, 2.45) is 0 Å². The van der Waals surface area contributed by atoms with Gasteiger partial charge in [0, 0.05) is 4.11 Å². The zero-order valence-corrected chi connectivity index (χ0v) is 9.89. The van der Waals surface area contributed by atoms with Crippen molar-refractivity contribution in [2.75, 3.05) is 0 Å². The summed E-state index contributed by atoms with van der Waals surface area (Å²) in [4.78, 5) is 0. The molecular formula is C13H19BO2. The molecule has 2 nitrogen and oxygen atoms in total. The average molecular weight is 225 g/mol. The minimum absolute atomic E-state index is 0.115. The lowest BCUT2D eigenvalue weighted by molar-refractivity contribution is 0.00578. The lowest BCUT2D eigenvalue weighted by atomic mass is 9.78. The molecule has 0 unspecified atom stereocenters. The Morgan fingerprint density at radius 3 is 2.38 bits per heavy atom. The number of rotatable bonds is 1. The fourth-order valence-corrected chi connectivity index (χ4v) is 1.44. The Bertz CT molecular complexity index is 639. The molecule has 1 fully saturated rings. The van der Waals surface area contributed by atoms with Crippen LogP contribution in [0.15, 0.2) is 24.2 Å². The third-order valence-electron chi connectivity index (χ3n) is 3.13. The predicted molar refractivity (Wildman–Crippen MR) is 66.9 cm³/mol. The zero-order valence-electron chi connectivity index (χ0n) is 16.9. The molecule has 1 saturated heterocycles. The second-order valence-electron chi connectivity index (χ2n) is 4.88. The molecule has 1 aromatic carbocycles. The maximum absolute atomic E-state index is 8.16. The van der Waals surface area contributed by atoms with Gasteiger partial charge < -0.3 is 9.31 Å². The molecule has 0 bridgehead atoms. The van der Waals surface area contributed by atoms with E-state index in [1.54, 1.807) is 27.7 Å². The Morgan fingerprint density at radius 1 is 1.19 bits per heavy atom. The summed E-state index contributed by atoms with van der Waals surface area (Å²) in [6, 6.07) is -2.07. The van der Waals surface area contributed by atoms with Crippen LogP contribution in [0.5, 0.6) is 0 Å². The van der Waals surface area contributed by atoms with Crippen LogP contribution in [0.3, 0.4) is 0 Å². The van der Waals surface area contributed by atoms with Crippen LogP contribution in [0.2, 0.25) is 0 Å². The van der Waals surface area contributed by atoms with E-state index in [-0.39, 0.29) is 5.46 Å². The van der Waals surface area contributed by atoms with Crippen molar-refractivity contribution in [1.29, 1.82) is 0 Å². The highest BCUT2D eigenvalue weighted by Crippen LogP contribution is 2.36. The van der Waals surface area contributed by atoms with Gasteiger partial charge in [0.2, 0.25) is 0 Å². The van der Waals surface area contributed by atoms with Gasteiger partial charge in [0.15, 0.2) is 0 Å². The third-order valence-corrected chi connectivity index (χ3v) is 3.13. The van der Waals surface area contributed by atoms with Crippen LogP contribution >= 0.6 is 0 Å². The van der Waals surface area contributed by atoms with Crippen LogP contribution < -0.4 is 5.46 Å². The molecule has 0 spiro atoms. The second-order valence-corrected chi connectivity index (χ2v) is 4.88. The molecule has 2 rings (SSSR count). The van der Waals surface area contributed by atoms with Crippen molar-refractivity contribution in [2.45, 2.75) is 45.7 Å². The van der Waals surface area contributed by atoms with Crippen LogP contribution in [-0.2, 0) is 9.31 Å². The fraction of sp³-hybridized carbons (Fsp3) is 0.538. The first kappa shape index (κ1) is 5.70. The summed E-state index contributed by atoms with van der Waals surface area (Å²) in [5.74, 6) is 0. The molecular weight excluding hydrogens is 199 g/mol. The molecule has 1 aromatic rings. The van der Waals surface area contributed by atoms with Crippen LogP contribution in [0, 0.1) is 6.85 Å². The van der Waals surface area contributed by atoms with E-state index in [0.29, 0.717) is 0 Å². The minimum atomic E-state index is -2.73. The Labute approximate surface area is 108 Å². The lowest BCUT2D eigenvalue weighted by Crippen LogP contribution is -2.41. The molecule has 0 saturated carbocycles. The van der Waals surface area contributed by atoms with E-state index >= 15 is 0 Å². The molecule has 3 heteroatoms. The molecule has 0 aliphatic carbocycles. The molecule has 1 aliphatic heterocycles. The van der Waals surface area contributed by atoms with Crippen molar-refractivity contribution in [3.63, 3.8) is 0 Å². The SMILES string of the molecule is [2H]c1c([2H])c(B2OC(C)(C)C(C)(C)O2)c([2H])c(C([2H])([2H])[2H])c1[2H]. The molecule has 16 heavy (non-hydrogen) atoms. The number of hydrogen-bond acceptors (Lipinski definition) is 2. The van der Waals surface area contributed by atoms with E-state index in [2.05, 4.69) is 0 Å². The number of hydrogen-bond donors (Lipinski definition) is 0. The molecule has 0 radical (unpaired) electrons. The maximum atomic E-state index is 8.16. The molecule has 86 valence electrons. The summed E-state index contributed by atoms with van der Waals surface area (Å²) in [6.07, 6.45) is 0.